The van der Waals surface area contributed by atoms with Gasteiger partial charge < -0.3 is 18.5 Å². The summed E-state index contributed by atoms with van der Waals surface area (Å²) in [5, 5.41) is 0.390. The monoisotopic (exact) mass is 344 g/mol. The van der Waals surface area contributed by atoms with E-state index in [1.807, 2.05) is 0 Å². The van der Waals surface area contributed by atoms with Crippen molar-refractivity contribution in [3.63, 3.8) is 0 Å². The van der Waals surface area contributed by atoms with Crippen LogP contribution in [0.15, 0.2) is 24.3 Å². The van der Waals surface area contributed by atoms with E-state index in [-0.39, 0.29) is 18.8 Å². The molecule has 0 aliphatic rings. The molecule has 0 spiro atoms. The van der Waals surface area contributed by atoms with Crippen molar-refractivity contribution >= 4 is 18.9 Å². The van der Waals surface area contributed by atoms with E-state index in [0.29, 0.717) is 17.7 Å². The molecule has 6 nitrogen and oxygen atoms in total. The molecular formula is C16H25O6P. The molecule has 0 aliphatic carbocycles. The first-order chi connectivity index (χ1) is 10.8. The molecule has 1 rings (SSSR count). The Morgan fingerprint density at radius 3 is 2.26 bits per heavy atom. The Bertz CT molecular complexity index is 541. The molecule has 0 fully saturated rings. The summed E-state index contributed by atoms with van der Waals surface area (Å²) in [5.41, 5.74) is 0. The molecule has 130 valence electrons. The second-order valence-corrected chi connectivity index (χ2v) is 7.33. The molecule has 0 aromatic heterocycles. The molecule has 0 saturated heterocycles. The molecule has 0 unspecified atom stereocenters. The van der Waals surface area contributed by atoms with E-state index in [2.05, 4.69) is 0 Å². The molecule has 0 aliphatic heterocycles. The molecule has 23 heavy (non-hydrogen) atoms. The molecule has 1 aromatic carbocycles. The van der Waals surface area contributed by atoms with Gasteiger partial charge in [-0.3, -0.25) is 4.57 Å². The summed E-state index contributed by atoms with van der Waals surface area (Å²) < 4.78 is 34.3. The van der Waals surface area contributed by atoms with Gasteiger partial charge in [0.05, 0.1) is 24.1 Å². The van der Waals surface area contributed by atoms with Gasteiger partial charge in [0.15, 0.2) is 6.61 Å². The second kappa shape index (κ2) is 9.06. The van der Waals surface area contributed by atoms with Gasteiger partial charge in [0.1, 0.15) is 5.75 Å². The van der Waals surface area contributed by atoms with Crippen molar-refractivity contribution in [3.05, 3.63) is 24.3 Å². The van der Waals surface area contributed by atoms with Gasteiger partial charge in [0.25, 0.3) is 0 Å². The van der Waals surface area contributed by atoms with Crippen molar-refractivity contribution in [2.24, 2.45) is 0 Å². The van der Waals surface area contributed by atoms with Crippen LogP contribution in [0, 0.1) is 0 Å². The van der Waals surface area contributed by atoms with E-state index in [9.17, 15) is 9.36 Å². The van der Waals surface area contributed by atoms with Crippen LogP contribution in [0.4, 0.5) is 0 Å². The average molecular weight is 344 g/mol. The highest BCUT2D eigenvalue weighted by atomic mass is 31.2. The quantitative estimate of drug-likeness (QED) is 0.506. The van der Waals surface area contributed by atoms with Crippen molar-refractivity contribution in [2.45, 2.75) is 46.8 Å². The van der Waals surface area contributed by atoms with Crippen LogP contribution in [-0.2, 0) is 23.1 Å². The zero-order chi connectivity index (χ0) is 17.5. The lowest BCUT2D eigenvalue weighted by atomic mass is 10.3. The standard InChI is InChI=1S/C16H25O6P/c1-6-19-16(17)11-20-14-8-7-9-15(10-14)23(18,21-12(2)3)22-13(4)5/h7-10,12-13H,6,11H2,1-5H3. The van der Waals surface area contributed by atoms with Crippen LogP contribution in [0.2, 0.25) is 0 Å². The zero-order valence-corrected chi connectivity index (χ0v) is 15.2. The summed E-state index contributed by atoms with van der Waals surface area (Å²) in [7, 11) is -3.47. The van der Waals surface area contributed by atoms with Crippen LogP contribution in [-0.4, -0.2) is 31.4 Å². The van der Waals surface area contributed by atoms with Crippen molar-refractivity contribution in [1.82, 2.24) is 0 Å². The van der Waals surface area contributed by atoms with Gasteiger partial charge in [-0.1, -0.05) is 6.07 Å². The highest BCUT2D eigenvalue weighted by molar-refractivity contribution is 7.62. The molecule has 1 aromatic rings. The Kier molecular flexibility index (Phi) is 7.76. The normalized spacial score (nSPS) is 11.8. The number of benzene rings is 1. The Morgan fingerprint density at radius 1 is 1.13 bits per heavy atom. The Morgan fingerprint density at radius 2 is 1.74 bits per heavy atom. The topological polar surface area (TPSA) is 71.1 Å². The van der Waals surface area contributed by atoms with Crippen molar-refractivity contribution in [2.75, 3.05) is 13.2 Å². The SMILES string of the molecule is CCOC(=O)COc1cccc(P(=O)(OC(C)C)OC(C)C)c1. The maximum Gasteiger partial charge on any atom is 0.361 e. The van der Waals surface area contributed by atoms with Crippen LogP contribution in [0.3, 0.4) is 0 Å². The molecule has 0 saturated carbocycles. The average Bonchev–Trinajstić information content (AvgIpc) is 2.44. The van der Waals surface area contributed by atoms with Gasteiger partial charge in [-0.05, 0) is 52.8 Å². The minimum atomic E-state index is -3.47. The number of esters is 1. The lowest BCUT2D eigenvalue weighted by Gasteiger charge is -2.23. The van der Waals surface area contributed by atoms with Gasteiger partial charge in [0, 0.05) is 0 Å². The number of hydrogen-bond acceptors (Lipinski definition) is 6. The van der Waals surface area contributed by atoms with Crippen LogP contribution in [0.1, 0.15) is 34.6 Å². The van der Waals surface area contributed by atoms with Crippen LogP contribution >= 0.6 is 7.60 Å². The molecule has 0 atom stereocenters. The van der Waals surface area contributed by atoms with Gasteiger partial charge in [-0.2, -0.15) is 0 Å². The fraction of sp³-hybridized carbons (Fsp3) is 0.562. The maximum atomic E-state index is 13.0. The number of carbonyl (C=O) groups is 1. The maximum absolute atomic E-state index is 13.0. The van der Waals surface area contributed by atoms with E-state index in [1.54, 1.807) is 58.9 Å². The van der Waals surface area contributed by atoms with Crippen LogP contribution in [0.25, 0.3) is 0 Å². The molecule has 7 heteroatoms. The van der Waals surface area contributed by atoms with E-state index < -0.39 is 13.6 Å². The number of carbonyl (C=O) groups excluding carboxylic acids is 1. The first kappa shape index (κ1) is 19.7. The number of rotatable bonds is 9. The summed E-state index contributed by atoms with van der Waals surface area (Å²) in [5.74, 6) is -0.0616. The first-order valence-corrected chi connectivity index (χ1v) is 9.17. The molecule has 0 bridgehead atoms. The largest absolute Gasteiger partial charge is 0.482 e. The summed E-state index contributed by atoms with van der Waals surface area (Å²) in [6.07, 6.45) is -0.521. The summed E-state index contributed by atoms with van der Waals surface area (Å²) >= 11 is 0. The van der Waals surface area contributed by atoms with Crippen molar-refractivity contribution < 1.29 is 27.9 Å². The lowest BCUT2D eigenvalue weighted by Crippen LogP contribution is -2.18. The summed E-state index contributed by atoms with van der Waals surface area (Å²) in [4.78, 5) is 11.3. The third kappa shape index (κ3) is 6.73. The Labute approximate surface area is 137 Å². The van der Waals surface area contributed by atoms with Crippen LogP contribution in [0.5, 0.6) is 5.75 Å². The third-order valence-corrected chi connectivity index (χ3v) is 4.80. The molecule has 0 radical (unpaired) electrons. The smallest absolute Gasteiger partial charge is 0.361 e. The molecule has 0 N–H and O–H groups in total. The fourth-order valence-electron chi connectivity index (χ4n) is 1.79. The van der Waals surface area contributed by atoms with Crippen molar-refractivity contribution in [1.29, 1.82) is 0 Å². The van der Waals surface area contributed by atoms with Crippen molar-refractivity contribution in [3.8, 4) is 5.75 Å². The summed E-state index contributed by atoms with van der Waals surface area (Å²) in [6.45, 7) is 8.96. The highest BCUT2D eigenvalue weighted by Crippen LogP contribution is 2.49. The highest BCUT2D eigenvalue weighted by Gasteiger charge is 2.30. The van der Waals surface area contributed by atoms with Gasteiger partial charge in [-0.15, -0.1) is 0 Å². The van der Waals surface area contributed by atoms with E-state index in [4.69, 9.17) is 18.5 Å². The zero-order valence-electron chi connectivity index (χ0n) is 14.3. The Balaban J connectivity index is 2.94. The van der Waals surface area contributed by atoms with Gasteiger partial charge in [0.2, 0.25) is 0 Å². The van der Waals surface area contributed by atoms with Gasteiger partial charge >= 0.3 is 13.6 Å². The molecular weight excluding hydrogens is 319 g/mol. The fourth-order valence-corrected chi connectivity index (χ4v) is 3.75. The predicted octanol–water partition coefficient (Wildman–Crippen LogP) is 3.30. The third-order valence-electron chi connectivity index (χ3n) is 2.50. The summed E-state index contributed by atoms with van der Waals surface area (Å²) in [6, 6.07) is 6.56. The second-order valence-electron chi connectivity index (χ2n) is 5.40. The molecule has 0 heterocycles. The minimum Gasteiger partial charge on any atom is -0.482 e. The minimum absolute atomic E-state index is 0.211. The predicted molar refractivity (Wildman–Crippen MR) is 88.3 cm³/mol. The lowest BCUT2D eigenvalue weighted by molar-refractivity contribution is -0.145. The van der Waals surface area contributed by atoms with E-state index >= 15 is 0 Å². The number of ether oxygens (including phenoxy) is 2. The van der Waals surface area contributed by atoms with Crippen LogP contribution < -0.4 is 10.0 Å². The number of hydrogen-bond donors (Lipinski definition) is 0. The Hall–Kier alpha value is -1.36. The van der Waals surface area contributed by atoms with E-state index in [0.717, 1.165) is 0 Å². The van der Waals surface area contributed by atoms with Gasteiger partial charge in [-0.25, -0.2) is 4.79 Å². The molecule has 0 amide bonds. The van der Waals surface area contributed by atoms with E-state index in [1.165, 1.54) is 0 Å². The first-order valence-electron chi connectivity index (χ1n) is 7.62.